The molecule has 1 aromatic heterocycles. The molecule has 1 amide bonds. The van der Waals surface area contributed by atoms with Gasteiger partial charge in [-0.05, 0) is 24.6 Å². The van der Waals surface area contributed by atoms with E-state index >= 15 is 0 Å². The Labute approximate surface area is 148 Å². The van der Waals surface area contributed by atoms with Crippen molar-refractivity contribution >= 4 is 5.91 Å². The number of ether oxygens (including phenoxy) is 1. The summed E-state index contributed by atoms with van der Waals surface area (Å²) in [4.78, 5) is 16.7. The van der Waals surface area contributed by atoms with Gasteiger partial charge >= 0.3 is 0 Å². The van der Waals surface area contributed by atoms with Crippen molar-refractivity contribution in [3.8, 4) is 5.75 Å². The van der Waals surface area contributed by atoms with Gasteiger partial charge in [-0.1, -0.05) is 31.5 Å². The largest absolute Gasteiger partial charge is 0.492 e. The van der Waals surface area contributed by atoms with E-state index < -0.39 is 0 Å². The lowest BCUT2D eigenvalue weighted by molar-refractivity contribution is 0.0614. The summed E-state index contributed by atoms with van der Waals surface area (Å²) < 4.78 is 5.74. The summed E-state index contributed by atoms with van der Waals surface area (Å²) in [6.45, 7) is 6.87. The molecule has 25 heavy (non-hydrogen) atoms. The number of aromatic amines is 1. The second kappa shape index (κ2) is 8.67. The Balaban J connectivity index is 1.41. The molecule has 0 bridgehead atoms. The molecule has 1 N–H and O–H groups in total. The van der Waals surface area contributed by atoms with Crippen molar-refractivity contribution in [1.82, 2.24) is 20.0 Å². The highest BCUT2D eigenvalue weighted by molar-refractivity contribution is 5.92. The molecule has 6 heteroatoms. The first-order valence-electron chi connectivity index (χ1n) is 9.00. The van der Waals surface area contributed by atoms with Gasteiger partial charge < -0.3 is 9.64 Å². The summed E-state index contributed by atoms with van der Waals surface area (Å²) in [5.41, 5.74) is 1.56. The fourth-order valence-corrected chi connectivity index (χ4v) is 3.01. The molecule has 134 valence electrons. The van der Waals surface area contributed by atoms with Crippen molar-refractivity contribution in [3.05, 3.63) is 47.8 Å². The number of carbonyl (C=O) groups excluding carboxylic acids is 1. The highest BCUT2D eigenvalue weighted by Crippen LogP contribution is 2.11. The molecule has 0 aliphatic carbocycles. The van der Waals surface area contributed by atoms with Gasteiger partial charge in [-0.25, -0.2) is 0 Å². The number of nitrogens with zero attached hydrogens (tertiary/aromatic N) is 3. The quantitative estimate of drug-likeness (QED) is 0.838. The summed E-state index contributed by atoms with van der Waals surface area (Å²) in [5, 5.41) is 7.12. The van der Waals surface area contributed by atoms with Crippen LogP contribution in [-0.2, 0) is 6.42 Å². The lowest BCUT2D eigenvalue weighted by atomic mass is 10.2. The van der Waals surface area contributed by atoms with Crippen molar-refractivity contribution < 1.29 is 9.53 Å². The highest BCUT2D eigenvalue weighted by Gasteiger charge is 2.23. The normalized spacial score (nSPS) is 15.3. The maximum atomic E-state index is 12.5. The molecule has 0 radical (unpaired) electrons. The second-order valence-electron chi connectivity index (χ2n) is 6.32. The van der Waals surface area contributed by atoms with E-state index in [1.807, 2.05) is 41.3 Å². The number of benzene rings is 1. The summed E-state index contributed by atoms with van der Waals surface area (Å²) in [5.74, 6) is 0.927. The summed E-state index contributed by atoms with van der Waals surface area (Å²) in [6.07, 6.45) is 1.97. The number of piperazine rings is 1. The molecule has 0 spiro atoms. The van der Waals surface area contributed by atoms with E-state index in [4.69, 9.17) is 4.74 Å². The minimum Gasteiger partial charge on any atom is -0.492 e. The zero-order chi connectivity index (χ0) is 17.5. The van der Waals surface area contributed by atoms with Crippen LogP contribution in [0.4, 0.5) is 0 Å². The molecule has 0 unspecified atom stereocenters. The fraction of sp³-hybridized carbons (Fsp3) is 0.474. The summed E-state index contributed by atoms with van der Waals surface area (Å²) in [6, 6.07) is 11.7. The van der Waals surface area contributed by atoms with Crippen molar-refractivity contribution in [2.24, 2.45) is 0 Å². The zero-order valence-corrected chi connectivity index (χ0v) is 14.8. The number of rotatable bonds is 7. The molecule has 2 heterocycles. The van der Waals surface area contributed by atoms with E-state index in [1.165, 1.54) is 0 Å². The lowest BCUT2D eigenvalue weighted by Crippen LogP contribution is -2.49. The number of aromatic nitrogens is 2. The standard InChI is InChI=1S/C19H26N4O2/c1-2-6-16-15-18(21-20-16)19(24)23-11-9-22(10-12-23)13-14-25-17-7-4-3-5-8-17/h3-5,7-8,15H,2,6,9-14H2,1H3,(H,20,21). The Morgan fingerprint density at radius 2 is 1.96 bits per heavy atom. The molecule has 1 fully saturated rings. The van der Waals surface area contributed by atoms with E-state index in [0.29, 0.717) is 12.3 Å². The first kappa shape index (κ1) is 17.5. The Bertz CT molecular complexity index is 663. The van der Waals surface area contributed by atoms with E-state index in [-0.39, 0.29) is 5.91 Å². The van der Waals surface area contributed by atoms with Gasteiger partial charge in [0, 0.05) is 38.4 Å². The van der Waals surface area contributed by atoms with Gasteiger partial charge in [0.15, 0.2) is 0 Å². The molecule has 1 aliphatic rings. The molecular formula is C19H26N4O2. The van der Waals surface area contributed by atoms with Crippen molar-refractivity contribution in [3.63, 3.8) is 0 Å². The lowest BCUT2D eigenvalue weighted by Gasteiger charge is -2.34. The number of carbonyl (C=O) groups is 1. The van der Waals surface area contributed by atoms with Gasteiger partial charge in [-0.2, -0.15) is 5.10 Å². The third-order valence-electron chi connectivity index (χ3n) is 4.45. The maximum Gasteiger partial charge on any atom is 0.274 e. The average molecular weight is 342 g/mol. The van der Waals surface area contributed by atoms with Gasteiger partial charge in [-0.3, -0.25) is 14.8 Å². The summed E-state index contributed by atoms with van der Waals surface area (Å²) >= 11 is 0. The monoisotopic (exact) mass is 342 g/mol. The maximum absolute atomic E-state index is 12.5. The van der Waals surface area contributed by atoms with Gasteiger partial charge in [0.25, 0.3) is 5.91 Å². The molecule has 0 saturated carbocycles. The van der Waals surface area contributed by atoms with Crippen LogP contribution < -0.4 is 4.74 Å². The van der Waals surface area contributed by atoms with Crippen LogP contribution in [0.5, 0.6) is 5.75 Å². The number of amides is 1. The number of hydrogen-bond donors (Lipinski definition) is 1. The van der Waals surface area contributed by atoms with Crippen LogP contribution in [0, 0.1) is 0 Å². The van der Waals surface area contributed by atoms with Gasteiger partial charge in [0.2, 0.25) is 0 Å². The predicted molar refractivity (Wildman–Crippen MR) is 96.9 cm³/mol. The smallest absolute Gasteiger partial charge is 0.274 e. The van der Waals surface area contributed by atoms with E-state index in [2.05, 4.69) is 22.0 Å². The van der Waals surface area contributed by atoms with E-state index in [0.717, 1.165) is 57.0 Å². The molecule has 6 nitrogen and oxygen atoms in total. The van der Waals surface area contributed by atoms with Crippen molar-refractivity contribution in [2.45, 2.75) is 19.8 Å². The minimum atomic E-state index is 0.0267. The van der Waals surface area contributed by atoms with Gasteiger partial charge in [-0.15, -0.1) is 0 Å². The number of aryl methyl sites for hydroxylation is 1. The van der Waals surface area contributed by atoms with Crippen LogP contribution in [0.15, 0.2) is 36.4 Å². The van der Waals surface area contributed by atoms with Crippen molar-refractivity contribution in [2.75, 3.05) is 39.3 Å². The number of nitrogens with one attached hydrogen (secondary N) is 1. The van der Waals surface area contributed by atoms with E-state index in [1.54, 1.807) is 0 Å². The topological polar surface area (TPSA) is 61.5 Å². The van der Waals surface area contributed by atoms with Crippen LogP contribution in [0.1, 0.15) is 29.5 Å². The van der Waals surface area contributed by atoms with Crippen LogP contribution >= 0.6 is 0 Å². The zero-order valence-electron chi connectivity index (χ0n) is 14.8. The molecule has 1 saturated heterocycles. The summed E-state index contributed by atoms with van der Waals surface area (Å²) in [7, 11) is 0. The Morgan fingerprint density at radius 1 is 1.20 bits per heavy atom. The molecular weight excluding hydrogens is 316 g/mol. The van der Waals surface area contributed by atoms with Crippen LogP contribution in [0.25, 0.3) is 0 Å². The Morgan fingerprint density at radius 3 is 2.68 bits per heavy atom. The third-order valence-corrected chi connectivity index (χ3v) is 4.45. The number of H-pyrrole nitrogens is 1. The molecule has 1 aromatic carbocycles. The van der Waals surface area contributed by atoms with Crippen LogP contribution in [-0.4, -0.2) is 65.2 Å². The average Bonchev–Trinajstić information content (AvgIpc) is 3.12. The Hall–Kier alpha value is -2.34. The van der Waals surface area contributed by atoms with Crippen LogP contribution in [0.3, 0.4) is 0 Å². The first-order chi connectivity index (χ1) is 12.3. The van der Waals surface area contributed by atoms with E-state index in [9.17, 15) is 4.79 Å². The number of hydrogen-bond acceptors (Lipinski definition) is 4. The molecule has 3 rings (SSSR count). The number of para-hydroxylation sites is 1. The predicted octanol–water partition coefficient (Wildman–Crippen LogP) is 2.20. The third kappa shape index (κ3) is 4.82. The van der Waals surface area contributed by atoms with Crippen molar-refractivity contribution in [1.29, 1.82) is 0 Å². The molecule has 1 aliphatic heterocycles. The van der Waals surface area contributed by atoms with Crippen LogP contribution in [0.2, 0.25) is 0 Å². The molecule has 0 atom stereocenters. The Kier molecular flexibility index (Phi) is 6.06. The first-order valence-corrected chi connectivity index (χ1v) is 9.00. The van der Waals surface area contributed by atoms with Gasteiger partial charge in [0.05, 0.1) is 0 Å². The SMILES string of the molecule is CCCc1cc(C(=O)N2CCN(CCOc3ccccc3)CC2)n[nH]1. The molecule has 2 aromatic rings. The minimum absolute atomic E-state index is 0.0267. The van der Waals surface area contributed by atoms with Gasteiger partial charge in [0.1, 0.15) is 18.1 Å². The second-order valence-corrected chi connectivity index (χ2v) is 6.32. The fourth-order valence-electron chi connectivity index (χ4n) is 3.01. The highest BCUT2D eigenvalue weighted by atomic mass is 16.5.